The van der Waals surface area contributed by atoms with Gasteiger partial charge >= 0.3 is 0 Å². The average Bonchev–Trinajstić information content (AvgIpc) is 2.45. The lowest BCUT2D eigenvalue weighted by atomic mass is 10.2. The third-order valence-corrected chi connectivity index (χ3v) is 2.35. The number of carbonyl (C=O) groups excluding carboxylic acids is 1. The molecule has 0 amide bonds. The Kier molecular flexibility index (Phi) is 2.08. The summed E-state index contributed by atoms with van der Waals surface area (Å²) in [4.78, 5) is 14.9. The van der Waals surface area contributed by atoms with Crippen molar-refractivity contribution in [1.82, 2.24) is 9.55 Å². The van der Waals surface area contributed by atoms with Crippen LogP contribution in [0.3, 0.4) is 0 Å². The Balaban J connectivity index is 2.72. The van der Waals surface area contributed by atoms with Crippen LogP contribution in [-0.2, 0) is 11.3 Å². The van der Waals surface area contributed by atoms with Crippen molar-refractivity contribution < 1.29 is 4.79 Å². The van der Waals surface area contributed by atoms with Gasteiger partial charge in [0.1, 0.15) is 12.1 Å². The van der Waals surface area contributed by atoms with Crippen LogP contribution in [0.25, 0.3) is 11.0 Å². The van der Waals surface area contributed by atoms with Gasteiger partial charge in [-0.25, -0.2) is 4.98 Å². The summed E-state index contributed by atoms with van der Waals surface area (Å²) >= 11 is 0. The molecule has 0 N–H and O–H groups in total. The third kappa shape index (κ3) is 1.31. The summed E-state index contributed by atoms with van der Waals surface area (Å²) in [6, 6.07) is 6.07. The molecule has 3 heteroatoms. The van der Waals surface area contributed by atoms with E-state index < -0.39 is 0 Å². The smallest absolute Gasteiger partial charge is 0.139 e. The normalized spacial score (nSPS) is 10.7. The number of benzene rings is 1. The number of aldehydes is 1. The van der Waals surface area contributed by atoms with Crippen molar-refractivity contribution in [1.29, 1.82) is 0 Å². The molecule has 0 unspecified atom stereocenters. The van der Waals surface area contributed by atoms with Crippen LogP contribution in [-0.4, -0.2) is 15.8 Å². The van der Waals surface area contributed by atoms with Gasteiger partial charge in [-0.3, -0.25) is 0 Å². The Morgan fingerprint density at radius 3 is 2.93 bits per heavy atom. The molecular formula is C11H12N2O. The molecule has 0 atom stereocenters. The second kappa shape index (κ2) is 3.25. The van der Waals surface area contributed by atoms with Crippen LogP contribution in [0.15, 0.2) is 18.2 Å². The lowest BCUT2D eigenvalue weighted by Crippen LogP contribution is -2.00. The third-order valence-electron chi connectivity index (χ3n) is 2.35. The van der Waals surface area contributed by atoms with Gasteiger partial charge in [-0.2, -0.15) is 0 Å². The number of aryl methyl sites for hydroxylation is 2. The zero-order valence-electron chi connectivity index (χ0n) is 8.32. The van der Waals surface area contributed by atoms with Crippen LogP contribution in [0.5, 0.6) is 0 Å². The van der Waals surface area contributed by atoms with Gasteiger partial charge in [0.25, 0.3) is 0 Å². The minimum absolute atomic E-state index is 0.381. The maximum absolute atomic E-state index is 10.5. The van der Waals surface area contributed by atoms with Crippen molar-refractivity contribution in [2.45, 2.75) is 20.4 Å². The van der Waals surface area contributed by atoms with E-state index in [1.807, 2.05) is 30.5 Å². The van der Waals surface area contributed by atoms with Crippen molar-refractivity contribution in [2.24, 2.45) is 0 Å². The molecule has 14 heavy (non-hydrogen) atoms. The van der Waals surface area contributed by atoms with Crippen LogP contribution >= 0.6 is 0 Å². The van der Waals surface area contributed by atoms with Crippen LogP contribution in [0.4, 0.5) is 0 Å². The number of aromatic nitrogens is 2. The average molecular weight is 188 g/mol. The first-order valence-electron chi connectivity index (χ1n) is 4.59. The number of fused-ring (bicyclic) bond motifs is 1. The van der Waals surface area contributed by atoms with E-state index in [-0.39, 0.29) is 0 Å². The first-order chi connectivity index (χ1) is 6.72. The van der Waals surface area contributed by atoms with Crippen LogP contribution in [0.1, 0.15) is 11.4 Å². The molecule has 72 valence electrons. The molecule has 0 radical (unpaired) electrons. The van der Waals surface area contributed by atoms with E-state index in [1.165, 1.54) is 5.56 Å². The van der Waals surface area contributed by atoms with E-state index in [9.17, 15) is 4.79 Å². The van der Waals surface area contributed by atoms with E-state index in [2.05, 4.69) is 11.1 Å². The molecule has 0 saturated carbocycles. The van der Waals surface area contributed by atoms with E-state index in [1.54, 1.807) is 0 Å². The monoisotopic (exact) mass is 188 g/mol. The van der Waals surface area contributed by atoms with Gasteiger partial charge in [0.05, 0.1) is 17.6 Å². The zero-order chi connectivity index (χ0) is 10.1. The standard InChI is InChI=1S/C11H12N2O/c1-8-3-4-10-11(7-8)13(5-6-14)9(2)12-10/h3-4,6-7H,5H2,1-2H3. The molecule has 0 fully saturated rings. The predicted octanol–water partition coefficient (Wildman–Crippen LogP) is 1.85. The van der Waals surface area contributed by atoms with Gasteiger partial charge in [-0.15, -0.1) is 0 Å². The van der Waals surface area contributed by atoms with Crippen molar-refractivity contribution in [3.05, 3.63) is 29.6 Å². The highest BCUT2D eigenvalue weighted by Gasteiger charge is 2.05. The number of nitrogens with zero attached hydrogens (tertiary/aromatic N) is 2. The summed E-state index contributed by atoms with van der Waals surface area (Å²) in [5.74, 6) is 0.887. The topological polar surface area (TPSA) is 34.9 Å². The SMILES string of the molecule is Cc1ccc2nc(C)n(CC=O)c2c1. The molecule has 0 aliphatic rings. The molecule has 0 spiro atoms. The maximum Gasteiger partial charge on any atom is 0.139 e. The van der Waals surface area contributed by atoms with Crippen molar-refractivity contribution in [3.8, 4) is 0 Å². The summed E-state index contributed by atoms with van der Waals surface area (Å²) in [7, 11) is 0. The number of hydrogen-bond donors (Lipinski definition) is 0. The summed E-state index contributed by atoms with van der Waals surface area (Å²) in [5, 5.41) is 0. The van der Waals surface area contributed by atoms with Crippen molar-refractivity contribution in [2.75, 3.05) is 0 Å². The molecule has 3 nitrogen and oxygen atoms in total. The van der Waals surface area contributed by atoms with E-state index in [4.69, 9.17) is 0 Å². The predicted molar refractivity (Wildman–Crippen MR) is 55.3 cm³/mol. The summed E-state index contributed by atoms with van der Waals surface area (Å²) < 4.78 is 1.93. The molecule has 0 aliphatic heterocycles. The van der Waals surface area contributed by atoms with Gasteiger partial charge < -0.3 is 9.36 Å². The molecular weight excluding hydrogens is 176 g/mol. The largest absolute Gasteiger partial charge is 0.321 e. The molecule has 1 aromatic carbocycles. The molecule has 0 saturated heterocycles. The van der Waals surface area contributed by atoms with Gasteiger partial charge in [0.2, 0.25) is 0 Å². The van der Waals surface area contributed by atoms with E-state index in [0.29, 0.717) is 6.54 Å². The second-order valence-electron chi connectivity index (χ2n) is 3.43. The quantitative estimate of drug-likeness (QED) is 0.674. The summed E-state index contributed by atoms with van der Waals surface area (Å²) in [6.07, 6.45) is 0.899. The highest BCUT2D eigenvalue weighted by Crippen LogP contribution is 2.16. The first-order valence-corrected chi connectivity index (χ1v) is 4.59. The zero-order valence-corrected chi connectivity index (χ0v) is 8.32. The fourth-order valence-corrected chi connectivity index (χ4v) is 1.66. The Morgan fingerprint density at radius 2 is 2.21 bits per heavy atom. The molecule has 0 bridgehead atoms. The number of imidazole rings is 1. The Hall–Kier alpha value is -1.64. The molecule has 2 rings (SSSR count). The Morgan fingerprint density at radius 1 is 1.43 bits per heavy atom. The molecule has 1 heterocycles. The second-order valence-corrected chi connectivity index (χ2v) is 3.43. The van der Waals surface area contributed by atoms with Gasteiger partial charge in [-0.1, -0.05) is 6.07 Å². The number of hydrogen-bond acceptors (Lipinski definition) is 2. The number of rotatable bonds is 2. The van der Waals surface area contributed by atoms with Crippen LogP contribution < -0.4 is 0 Å². The first kappa shape index (κ1) is 8.94. The fraction of sp³-hybridized carbons (Fsp3) is 0.273. The van der Waals surface area contributed by atoms with Gasteiger partial charge in [-0.05, 0) is 31.5 Å². The minimum atomic E-state index is 0.381. The fourth-order valence-electron chi connectivity index (χ4n) is 1.66. The number of carbonyl (C=O) groups is 1. The van der Waals surface area contributed by atoms with E-state index in [0.717, 1.165) is 23.1 Å². The lowest BCUT2D eigenvalue weighted by molar-refractivity contribution is -0.108. The van der Waals surface area contributed by atoms with E-state index >= 15 is 0 Å². The van der Waals surface area contributed by atoms with Crippen LogP contribution in [0.2, 0.25) is 0 Å². The van der Waals surface area contributed by atoms with Crippen molar-refractivity contribution in [3.63, 3.8) is 0 Å². The molecule has 0 aliphatic carbocycles. The van der Waals surface area contributed by atoms with Gasteiger partial charge in [0, 0.05) is 0 Å². The highest BCUT2D eigenvalue weighted by molar-refractivity contribution is 5.77. The summed E-state index contributed by atoms with van der Waals surface area (Å²) in [5.41, 5.74) is 3.18. The highest BCUT2D eigenvalue weighted by atomic mass is 16.1. The lowest BCUT2D eigenvalue weighted by Gasteiger charge is -2.00. The molecule has 2 aromatic rings. The maximum atomic E-state index is 10.5. The molecule has 1 aromatic heterocycles. The Bertz CT molecular complexity index is 485. The van der Waals surface area contributed by atoms with Crippen LogP contribution in [0, 0.1) is 13.8 Å². The Labute approximate surface area is 82.4 Å². The minimum Gasteiger partial charge on any atom is -0.321 e. The van der Waals surface area contributed by atoms with Gasteiger partial charge in [0.15, 0.2) is 0 Å². The summed E-state index contributed by atoms with van der Waals surface area (Å²) in [6.45, 7) is 4.33. The van der Waals surface area contributed by atoms with Crippen molar-refractivity contribution >= 4 is 17.3 Å².